The Bertz CT molecular complexity index is 1050. The molecule has 0 amide bonds. The fraction of sp³-hybridized carbons (Fsp3) is 0.364. The fourth-order valence-corrected chi connectivity index (χ4v) is 3.56. The molecule has 31 heavy (non-hydrogen) atoms. The Morgan fingerprint density at radius 1 is 1.16 bits per heavy atom. The van der Waals surface area contributed by atoms with Gasteiger partial charge in [0.2, 0.25) is 0 Å². The summed E-state index contributed by atoms with van der Waals surface area (Å²) < 4.78 is 54.2. The number of aromatic nitrogens is 3. The Balaban J connectivity index is 1.68. The largest absolute Gasteiger partial charge is 0.406 e. The molecule has 0 radical (unpaired) electrons. The lowest BCUT2D eigenvalue weighted by Gasteiger charge is -2.17. The van der Waals surface area contributed by atoms with Crippen LogP contribution in [0.5, 0.6) is 0 Å². The number of likely N-dealkylation sites (N-methyl/N-ethyl adjacent to an activating group) is 1. The van der Waals surface area contributed by atoms with Gasteiger partial charge in [0.1, 0.15) is 18.2 Å². The van der Waals surface area contributed by atoms with Crippen LogP contribution < -0.4 is 0 Å². The molecule has 2 aromatic heterocycles. The molecule has 0 aliphatic carbocycles. The normalized spacial score (nSPS) is 12.0. The van der Waals surface area contributed by atoms with Crippen molar-refractivity contribution in [3.05, 3.63) is 76.9 Å². The van der Waals surface area contributed by atoms with E-state index < -0.39 is 12.7 Å². The summed E-state index contributed by atoms with van der Waals surface area (Å²) >= 11 is 0. The van der Waals surface area contributed by atoms with Crippen LogP contribution in [0.25, 0.3) is 0 Å². The van der Waals surface area contributed by atoms with Crippen molar-refractivity contribution in [3.8, 4) is 0 Å². The van der Waals surface area contributed by atoms with Crippen LogP contribution in [0.1, 0.15) is 33.1 Å². The van der Waals surface area contributed by atoms with E-state index in [9.17, 15) is 22.4 Å². The van der Waals surface area contributed by atoms with Crippen molar-refractivity contribution in [2.24, 2.45) is 0 Å². The molecule has 3 rings (SSSR count). The first-order chi connectivity index (χ1) is 14.5. The number of carbonyl (C=O) groups is 1. The Hall–Kier alpha value is -2.94. The topological polar surface area (TPSA) is 43.1 Å². The van der Waals surface area contributed by atoms with E-state index in [4.69, 9.17) is 0 Å². The molecule has 0 atom stereocenters. The van der Waals surface area contributed by atoms with Gasteiger partial charge in [-0.2, -0.15) is 13.2 Å². The molecule has 0 saturated carbocycles. The van der Waals surface area contributed by atoms with Gasteiger partial charge in [-0.3, -0.25) is 9.69 Å². The van der Waals surface area contributed by atoms with E-state index >= 15 is 0 Å². The van der Waals surface area contributed by atoms with Crippen molar-refractivity contribution < 1.29 is 22.4 Å². The standard InChI is InChI=1S/C22H24F4N4O/c1-15-10-19(16(2)30(15)11-17-4-6-18(23)7-5-17)20(31)12-28(3)13-21-27-8-9-29(21)14-22(24,25)26/h4-10H,11-14H2,1-3H3. The molecule has 0 aliphatic rings. The van der Waals surface area contributed by atoms with Gasteiger partial charge >= 0.3 is 6.18 Å². The number of halogens is 4. The molecule has 9 heteroatoms. The summed E-state index contributed by atoms with van der Waals surface area (Å²) in [5.74, 6) is -0.191. The third-order valence-corrected chi connectivity index (χ3v) is 5.10. The zero-order chi connectivity index (χ0) is 22.8. The lowest BCUT2D eigenvalue weighted by Crippen LogP contribution is -2.28. The van der Waals surface area contributed by atoms with Crippen LogP contribution in [0.15, 0.2) is 42.7 Å². The van der Waals surface area contributed by atoms with Crippen molar-refractivity contribution in [2.45, 2.75) is 39.7 Å². The van der Waals surface area contributed by atoms with Gasteiger partial charge in [0, 0.05) is 35.9 Å². The summed E-state index contributed by atoms with van der Waals surface area (Å²) in [6, 6.07) is 8.00. The highest BCUT2D eigenvalue weighted by Crippen LogP contribution is 2.20. The molecule has 0 spiro atoms. The minimum absolute atomic E-state index is 0.0414. The van der Waals surface area contributed by atoms with Gasteiger partial charge in [-0.05, 0) is 44.7 Å². The number of imidazole rings is 1. The van der Waals surface area contributed by atoms with E-state index in [1.807, 2.05) is 18.4 Å². The molecule has 166 valence electrons. The summed E-state index contributed by atoms with van der Waals surface area (Å²) in [7, 11) is 1.67. The number of ketones is 1. The quantitative estimate of drug-likeness (QED) is 0.389. The smallest absolute Gasteiger partial charge is 0.344 e. The highest BCUT2D eigenvalue weighted by atomic mass is 19.4. The molecule has 0 fully saturated rings. The Kier molecular flexibility index (Phi) is 6.64. The number of benzene rings is 1. The van der Waals surface area contributed by atoms with E-state index in [-0.39, 0.29) is 30.5 Å². The molecule has 0 aliphatic heterocycles. The maximum Gasteiger partial charge on any atom is 0.406 e. The van der Waals surface area contributed by atoms with E-state index in [1.54, 1.807) is 30.1 Å². The average molecular weight is 436 g/mol. The van der Waals surface area contributed by atoms with Crippen LogP contribution >= 0.6 is 0 Å². The SMILES string of the molecule is Cc1cc(C(=O)CN(C)Cc2nccn2CC(F)(F)F)c(C)n1Cc1ccc(F)cc1. The molecule has 5 nitrogen and oxygen atoms in total. The second kappa shape index (κ2) is 9.05. The van der Waals surface area contributed by atoms with Gasteiger partial charge in [-0.15, -0.1) is 0 Å². The minimum atomic E-state index is -4.34. The Morgan fingerprint density at radius 3 is 2.48 bits per heavy atom. The number of carbonyl (C=O) groups excluding carboxylic acids is 1. The number of Topliss-reactive ketones (excluding diaryl/α,β-unsaturated/α-hetero) is 1. The summed E-state index contributed by atoms with van der Waals surface area (Å²) in [6.45, 7) is 3.29. The molecule has 0 saturated heterocycles. The van der Waals surface area contributed by atoms with Crippen molar-refractivity contribution in [2.75, 3.05) is 13.6 Å². The monoisotopic (exact) mass is 436 g/mol. The van der Waals surface area contributed by atoms with Crippen LogP contribution in [-0.4, -0.2) is 44.6 Å². The molecular weight excluding hydrogens is 412 g/mol. The second-order valence-electron chi connectivity index (χ2n) is 7.68. The molecule has 0 bridgehead atoms. The second-order valence-corrected chi connectivity index (χ2v) is 7.68. The first kappa shape index (κ1) is 22.7. The van der Waals surface area contributed by atoms with Crippen molar-refractivity contribution in [1.29, 1.82) is 0 Å². The maximum atomic E-state index is 13.1. The molecule has 0 N–H and O–H groups in total. The van der Waals surface area contributed by atoms with Crippen LogP contribution in [0.2, 0.25) is 0 Å². The Morgan fingerprint density at radius 2 is 1.84 bits per heavy atom. The number of alkyl halides is 3. The van der Waals surface area contributed by atoms with E-state index in [2.05, 4.69) is 4.98 Å². The first-order valence-corrected chi connectivity index (χ1v) is 9.73. The van der Waals surface area contributed by atoms with Crippen molar-refractivity contribution in [1.82, 2.24) is 19.0 Å². The molecule has 3 aromatic rings. The van der Waals surface area contributed by atoms with E-state index in [1.165, 1.54) is 24.5 Å². The molecule has 1 aromatic carbocycles. The van der Waals surface area contributed by atoms with Gasteiger partial charge in [0.25, 0.3) is 0 Å². The zero-order valence-electron chi connectivity index (χ0n) is 17.6. The number of hydrogen-bond acceptors (Lipinski definition) is 3. The van der Waals surface area contributed by atoms with Gasteiger partial charge in [-0.25, -0.2) is 9.37 Å². The number of nitrogens with zero attached hydrogens (tertiary/aromatic N) is 4. The molecular formula is C22H24F4N4O. The predicted octanol–water partition coefficient (Wildman–Crippen LogP) is 4.37. The summed E-state index contributed by atoms with van der Waals surface area (Å²) in [6.07, 6.45) is -1.74. The lowest BCUT2D eigenvalue weighted by molar-refractivity contribution is -0.141. The Labute approximate surface area is 177 Å². The van der Waals surface area contributed by atoms with Gasteiger partial charge in [0.05, 0.1) is 13.1 Å². The third-order valence-electron chi connectivity index (χ3n) is 5.10. The molecule has 2 heterocycles. The van der Waals surface area contributed by atoms with E-state index in [0.717, 1.165) is 21.5 Å². The van der Waals surface area contributed by atoms with Gasteiger partial charge in [0.15, 0.2) is 5.78 Å². The van der Waals surface area contributed by atoms with Gasteiger partial charge in [-0.1, -0.05) is 12.1 Å². The summed E-state index contributed by atoms with van der Waals surface area (Å²) in [4.78, 5) is 18.5. The lowest BCUT2D eigenvalue weighted by atomic mass is 10.1. The highest BCUT2D eigenvalue weighted by molar-refractivity contribution is 5.99. The highest BCUT2D eigenvalue weighted by Gasteiger charge is 2.29. The number of aryl methyl sites for hydroxylation is 1. The average Bonchev–Trinajstić information content (AvgIpc) is 3.20. The number of hydrogen-bond donors (Lipinski definition) is 0. The summed E-state index contributed by atoms with van der Waals surface area (Å²) in [5.41, 5.74) is 3.16. The van der Waals surface area contributed by atoms with Crippen LogP contribution in [-0.2, 0) is 19.6 Å². The van der Waals surface area contributed by atoms with Crippen LogP contribution in [0.4, 0.5) is 17.6 Å². The third kappa shape index (κ3) is 5.81. The van der Waals surface area contributed by atoms with Gasteiger partial charge < -0.3 is 9.13 Å². The van der Waals surface area contributed by atoms with Crippen LogP contribution in [0, 0.1) is 19.7 Å². The van der Waals surface area contributed by atoms with Crippen LogP contribution in [0.3, 0.4) is 0 Å². The maximum absolute atomic E-state index is 13.1. The van der Waals surface area contributed by atoms with Crippen molar-refractivity contribution >= 4 is 5.78 Å². The first-order valence-electron chi connectivity index (χ1n) is 9.73. The number of rotatable bonds is 8. The fourth-order valence-electron chi connectivity index (χ4n) is 3.56. The van der Waals surface area contributed by atoms with E-state index in [0.29, 0.717) is 12.1 Å². The van der Waals surface area contributed by atoms with Crippen molar-refractivity contribution in [3.63, 3.8) is 0 Å². The molecule has 0 unspecified atom stereocenters. The summed E-state index contributed by atoms with van der Waals surface area (Å²) in [5, 5.41) is 0. The zero-order valence-corrected chi connectivity index (χ0v) is 17.6. The minimum Gasteiger partial charge on any atom is -0.344 e. The predicted molar refractivity (Wildman–Crippen MR) is 108 cm³/mol.